The number of carbonyl (C=O) groups excluding carboxylic acids is 3. The molecular weight excluding hydrogens is 660 g/mol. The molecule has 0 aliphatic heterocycles. The first-order valence-electron chi connectivity index (χ1n) is 14.5. The SMILES string of the molecule is COC(=O)c1ccc2c(c1)CC[C@@H]2NC(=O)c1cc(C(=O)O)n2cnc(C(N)=O)c2n1.Cl.NCc1cccc(CNc2c(N)c(=O)c2=O)c1. The van der Waals surface area contributed by atoms with E-state index in [2.05, 4.69) is 20.6 Å². The summed E-state index contributed by atoms with van der Waals surface area (Å²) >= 11 is 0. The van der Waals surface area contributed by atoms with E-state index in [9.17, 15) is 33.9 Å². The number of imidazole rings is 1. The first-order valence-corrected chi connectivity index (χ1v) is 14.5. The van der Waals surface area contributed by atoms with Gasteiger partial charge in [0.1, 0.15) is 29.1 Å². The number of carboxylic acids is 1. The lowest BCUT2D eigenvalue weighted by Gasteiger charge is -2.15. The van der Waals surface area contributed by atoms with Gasteiger partial charge in [0.05, 0.1) is 18.7 Å². The highest BCUT2D eigenvalue weighted by Gasteiger charge is 2.27. The average Bonchev–Trinajstić information content (AvgIpc) is 3.71. The predicted molar refractivity (Wildman–Crippen MR) is 179 cm³/mol. The number of nitrogens with one attached hydrogen (secondary N) is 2. The van der Waals surface area contributed by atoms with E-state index in [1.54, 1.807) is 18.2 Å². The summed E-state index contributed by atoms with van der Waals surface area (Å²) in [6, 6.07) is 13.5. The van der Waals surface area contributed by atoms with Gasteiger partial charge < -0.3 is 37.7 Å². The minimum atomic E-state index is -1.32. The van der Waals surface area contributed by atoms with Crippen LogP contribution in [-0.2, 0) is 24.2 Å². The molecule has 0 fully saturated rings. The molecule has 1 atom stereocenters. The fraction of sp³-hybridized carbons (Fsp3) is 0.188. The smallest absolute Gasteiger partial charge is 0.353 e. The fourth-order valence-electron chi connectivity index (χ4n) is 5.31. The summed E-state index contributed by atoms with van der Waals surface area (Å²) in [7, 11) is 1.30. The number of rotatable bonds is 9. The van der Waals surface area contributed by atoms with E-state index in [0.717, 1.165) is 39.0 Å². The Bertz CT molecular complexity index is 2170. The Kier molecular flexibility index (Phi) is 10.7. The molecule has 0 radical (unpaired) electrons. The zero-order valence-corrected chi connectivity index (χ0v) is 26.7. The van der Waals surface area contributed by atoms with Gasteiger partial charge in [0.2, 0.25) is 0 Å². The monoisotopic (exact) mass is 690 g/mol. The molecule has 2 heterocycles. The van der Waals surface area contributed by atoms with Crippen molar-refractivity contribution in [3.05, 3.63) is 120 Å². The van der Waals surface area contributed by atoms with Gasteiger partial charge in [-0.2, -0.15) is 0 Å². The Morgan fingerprint density at radius 1 is 1.06 bits per heavy atom. The van der Waals surface area contributed by atoms with E-state index in [0.29, 0.717) is 31.5 Å². The molecule has 0 saturated carbocycles. The molecule has 6 rings (SSSR count). The van der Waals surface area contributed by atoms with Crippen molar-refractivity contribution in [1.29, 1.82) is 0 Å². The molecule has 16 nitrogen and oxygen atoms in total. The number of ether oxygens (including phenoxy) is 1. The van der Waals surface area contributed by atoms with Gasteiger partial charge in [-0.3, -0.25) is 23.6 Å². The number of amides is 2. The topological polar surface area (TPSA) is 264 Å². The lowest BCUT2D eigenvalue weighted by Crippen LogP contribution is -2.36. The second-order valence-corrected chi connectivity index (χ2v) is 10.8. The summed E-state index contributed by atoms with van der Waals surface area (Å²) in [4.78, 5) is 77.7. The molecule has 0 bridgehead atoms. The number of aryl methyl sites for hydroxylation is 1. The largest absolute Gasteiger partial charge is 0.477 e. The number of halogens is 1. The molecule has 0 saturated heterocycles. The fourth-order valence-corrected chi connectivity index (χ4v) is 5.31. The van der Waals surface area contributed by atoms with E-state index in [1.807, 2.05) is 24.3 Å². The molecule has 2 aromatic heterocycles. The molecule has 254 valence electrons. The lowest BCUT2D eigenvalue weighted by atomic mass is 10.0. The van der Waals surface area contributed by atoms with Crippen molar-refractivity contribution in [2.24, 2.45) is 11.5 Å². The van der Waals surface area contributed by atoms with E-state index in [4.69, 9.17) is 21.9 Å². The number of benzene rings is 2. The van der Waals surface area contributed by atoms with Crippen LogP contribution in [0.2, 0.25) is 0 Å². The van der Waals surface area contributed by atoms with Crippen LogP contribution in [0.1, 0.15) is 76.5 Å². The maximum absolute atomic E-state index is 12.9. The van der Waals surface area contributed by atoms with Crippen molar-refractivity contribution in [1.82, 2.24) is 19.7 Å². The Morgan fingerprint density at radius 2 is 1.80 bits per heavy atom. The van der Waals surface area contributed by atoms with Crippen molar-refractivity contribution in [3.63, 3.8) is 0 Å². The second-order valence-electron chi connectivity index (χ2n) is 10.8. The van der Waals surface area contributed by atoms with Crippen LogP contribution >= 0.6 is 12.4 Å². The summed E-state index contributed by atoms with van der Waals surface area (Å²) < 4.78 is 5.81. The van der Waals surface area contributed by atoms with Crippen LogP contribution < -0.4 is 38.7 Å². The summed E-state index contributed by atoms with van der Waals surface area (Å²) in [5.41, 5.74) is 18.6. The highest BCUT2D eigenvalue weighted by molar-refractivity contribution is 6.00. The predicted octanol–water partition coefficient (Wildman–Crippen LogP) is 1.09. The summed E-state index contributed by atoms with van der Waals surface area (Å²) in [5, 5.41) is 15.2. The number of nitrogen functional groups attached to an aromatic ring is 1. The van der Waals surface area contributed by atoms with Crippen molar-refractivity contribution in [3.8, 4) is 0 Å². The van der Waals surface area contributed by atoms with Crippen LogP contribution in [0, 0.1) is 0 Å². The van der Waals surface area contributed by atoms with Crippen LogP contribution in [0.4, 0.5) is 11.4 Å². The van der Waals surface area contributed by atoms with Gasteiger partial charge >= 0.3 is 11.9 Å². The maximum Gasteiger partial charge on any atom is 0.353 e. The molecule has 5 aromatic rings. The number of fused-ring (bicyclic) bond motifs is 2. The van der Waals surface area contributed by atoms with Gasteiger partial charge in [-0.1, -0.05) is 30.3 Å². The van der Waals surface area contributed by atoms with E-state index >= 15 is 0 Å². The van der Waals surface area contributed by atoms with Crippen molar-refractivity contribution >= 4 is 53.2 Å². The van der Waals surface area contributed by atoms with Gasteiger partial charge in [0.25, 0.3) is 22.7 Å². The number of hydrogen-bond donors (Lipinski definition) is 6. The molecule has 0 unspecified atom stereocenters. The standard InChI is InChI=1S/C20H17N5O6.C12H13N3O2.ClH/c1-31-20(30)10-2-4-11-9(6-10)3-5-12(11)24-18(27)13-7-14(19(28)29)25-8-22-15(16(21)26)17(25)23-13;13-5-7-2-1-3-8(4-7)6-15-10-9(14)11(16)12(10)17;/h2,4,6-8,12H,3,5H2,1H3,(H2,21,26)(H,24,27)(H,28,29);1-4,15H,5-6,13-14H2;1H/t12-;;/m0../s1. The third-order valence-electron chi connectivity index (χ3n) is 7.78. The van der Waals surface area contributed by atoms with E-state index in [1.165, 1.54) is 7.11 Å². The first kappa shape index (κ1) is 35.7. The Balaban J connectivity index is 0.000000255. The minimum Gasteiger partial charge on any atom is -0.477 e. The van der Waals surface area contributed by atoms with Crippen LogP contribution in [0.25, 0.3) is 5.65 Å². The molecule has 1 aliphatic carbocycles. The van der Waals surface area contributed by atoms with Gasteiger partial charge in [-0.25, -0.2) is 19.6 Å². The molecule has 1 aliphatic rings. The number of nitrogens with zero attached hydrogens (tertiary/aromatic N) is 3. The van der Waals surface area contributed by atoms with Crippen LogP contribution in [0.3, 0.4) is 0 Å². The number of nitrogens with two attached hydrogens (primary N) is 3. The normalized spacial score (nSPS) is 13.1. The second kappa shape index (κ2) is 14.7. The number of carboxylic acid groups (broad SMARTS) is 1. The van der Waals surface area contributed by atoms with Crippen LogP contribution in [0.5, 0.6) is 0 Å². The third-order valence-corrected chi connectivity index (χ3v) is 7.78. The summed E-state index contributed by atoms with van der Waals surface area (Å²) in [5.74, 6) is -3.27. The van der Waals surface area contributed by atoms with Crippen molar-refractivity contribution in [2.45, 2.75) is 32.0 Å². The molecular formula is C32H31ClN8O8. The molecule has 3 aromatic carbocycles. The Labute approximate surface area is 283 Å². The maximum atomic E-state index is 12.9. The summed E-state index contributed by atoms with van der Waals surface area (Å²) in [6.45, 7) is 0.916. The number of methoxy groups -OCH3 is 1. The van der Waals surface area contributed by atoms with Crippen LogP contribution in [-0.4, -0.2) is 50.3 Å². The Morgan fingerprint density at radius 3 is 2.45 bits per heavy atom. The van der Waals surface area contributed by atoms with Crippen LogP contribution in [0.15, 0.2) is 64.4 Å². The summed E-state index contributed by atoms with van der Waals surface area (Å²) in [6.07, 6.45) is 2.35. The average molecular weight is 691 g/mol. The van der Waals surface area contributed by atoms with Crippen molar-refractivity contribution in [2.75, 3.05) is 18.2 Å². The Hall–Kier alpha value is -6.13. The molecule has 17 heteroatoms. The van der Waals surface area contributed by atoms with E-state index in [-0.39, 0.29) is 52.6 Å². The zero-order chi connectivity index (χ0) is 34.7. The quantitative estimate of drug-likeness (QED) is 0.0935. The number of aromatic carboxylic acids is 1. The van der Waals surface area contributed by atoms with E-state index < -0.39 is 34.6 Å². The van der Waals surface area contributed by atoms with Crippen molar-refractivity contribution < 1.29 is 29.0 Å². The number of carbonyl (C=O) groups is 4. The lowest BCUT2D eigenvalue weighted by molar-refractivity contribution is 0.0599. The third kappa shape index (κ3) is 7.24. The minimum absolute atomic E-state index is 0. The molecule has 0 spiro atoms. The first-order chi connectivity index (χ1) is 22.9. The molecule has 49 heavy (non-hydrogen) atoms. The highest BCUT2D eigenvalue weighted by Crippen LogP contribution is 2.32. The van der Waals surface area contributed by atoms with Gasteiger partial charge in [0, 0.05) is 19.2 Å². The number of anilines is 2. The number of hydrogen-bond acceptors (Lipinski definition) is 12. The molecule has 9 N–H and O–H groups in total. The number of primary amides is 1. The van der Waals surface area contributed by atoms with Gasteiger partial charge in [0.15, 0.2) is 11.3 Å². The van der Waals surface area contributed by atoms with Gasteiger partial charge in [-0.05, 0) is 47.2 Å². The highest BCUT2D eigenvalue weighted by atomic mass is 35.5. The number of esters is 1. The zero-order valence-electron chi connectivity index (χ0n) is 25.9. The molecule has 2 amide bonds. The van der Waals surface area contributed by atoms with Gasteiger partial charge in [-0.15, -0.1) is 12.4 Å². The number of aromatic nitrogens is 3.